The van der Waals surface area contributed by atoms with Gasteiger partial charge in [-0.3, -0.25) is 0 Å². The van der Waals surface area contributed by atoms with Crippen LogP contribution in [0, 0.1) is 12.3 Å². The highest BCUT2D eigenvalue weighted by Crippen LogP contribution is 2.37. The quantitative estimate of drug-likeness (QED) is 0.303. The molecular weight excluding hydrogens is 428 g/mol. The summed E-state index contributed by atoms with van der Waals surface area (Å²) in [6.45, 7) is 11.5. The number of hydrogen-bond donors (Lipinski definition) is 0. The van der Waals surface area contributed by atoms with Gasteiger partial charge in [-0.05, 0) is 21.5 Å². The molecule has 0 saturated heterocycles. The molecule has 1 heterocycles. The average Bonchev–Trinajstić information content (AvgIpc) is 2.83. The zero-order valence-corrected chi connectivity index (χ0v) is 20.8. The summed E-state index contributed by atoms with van der Waals surface area (Å²) in [5, 5.41) is 2.31. The van der Waals surface area contributed by atoms with Crippen LogP contribution in [0.3, 0.4) is 0 Å². The van der Waals surface area contributed by atoms with Gasteiger partial charge in [0.25, 0.3) is 8.32 Å². The Morgan fingerprint density at radius 3 is 2.12 bits per heavy atom. The smallest absolute Gasteiger partial charge is 0.261 e. The third kappa shape index (κ3) is 5.91. The van der Waals surface area contributed by atoms with Gasteiger partial charge in [-0.15, -0.1) is 13.0 Å². The van der Waals surface area contributed by atoms with Crippen LogP contribution in [0.2, 0.25) is 5.04 Å². The first kappa shape index (κ1) is 25.2. The fourth-order valence-electron chi connectivity index (χ4n) is 4.29. The van der Waals surface area contributed by atoms with Crippen LogP contribution in [0.25, 0.3) is 0 Å². The Morgan fingerprint density at radius 2 is 1.61 bits per heavy atom. The van der Waals surface area contributed by atoms with Gasteiger partial charge < -0.3 is 18.6 Å². The molecule has 0 aliphatic carbocycles. The van der Waals surface area contributed by atoms with E-state index in [2.05, 4.69) is 81.8 Å². The predicted molar refractivity (Wildman–Crippen MR) is 136 cm³/mol. The maximum Gasteiger partial charge on any atom is 0.261 e. The van der Waals surface area contributed by atoms with E-state index in [-0.39, 0.29) is 23.9 Å². The molecule has 3 atom stereocenters. The molecule has 0 spiro atoms. The van der Waals surface area contributed by atoms with Crippen molar-refractivity contribution >= 4 is 18.7 Å². The van der Waals surface area contributed by atoms with E-state index in [1.165, 1.54) is 10.4 Å². The maximum atomic E-state index is 7.05. The molecule has 0 N–H and O–H groups in total. The van der Waals surface area contributed by atoms with E-state index >= 15 is 0 Å². The summed E-state index contributed by atoms with van der Waals surface area (Å²) < 4.78 is 24.8. The predicted octanol–water partition coefficient (Wildman–Crippen LogP) is 4.07. The normalized spacial score (nSPS) is 20.8. The molecule has 1 aliphatic rings. The summed E-state index contributed by atoms with van der Waals surface area (Å²) in [5.74, 6) is 2.49. The Bertz CT molecular complexity index is 904. The van der Waals surface area contributed by atoms with Crippen molar-refractivity contribution in [1.29, 1.82) is 0 Å². The fourth-order valence-corrected chi connectivity index (χ4v) is 8.86. The molecule has 0 bridgehead atoms. The Balaban J connectivity index is 1.96. The molecule has 2 aromatic carbocycles. The second-order valence-corrected chi connectivity index (χ2v) is 13.3. The van der Waals surface area contributed by atoms with Crippen LogP contribution in [0.4, 0.5) is 0 Å². The minimum absolute atomic E-state index is 0.128. The average molecular weight is 463 g/mol. The van der Waals surface area contributed by atoms with E-state index in [0.717, 1.165) is 0 Å². The van der Waals surface area contributed by atoms with Crippen molar-refractivity contribution in [3.05, 3.63) is 85.5 Å². The molecule has 1 aliphatic heterocycles. The van der Waals surface area contributed by atoms with Crippen LogP contribution >= 0.6 is 0 Å². The van der Waals surface area contributed by atoms with Crippen LogP contribution in [0.1, 0.15) is 20.8 Å². The molecule has 0 saturated carbocycles. The monoisotopic (exact) mass is 462 g/mol. The van der Waals surface area contributed by atoms with E-state index < -0.39 is 14.6 Å². The van der Waals surface area contributed by atoms with Gasteiger partial charge in [0, 0.05) is 0 Å². The summed E-state index contributed by atoms with van der Waals surface area (Å²) in [7, 11) is -2.69. The lowest BCUT2D eigenvalue weighted by molar-refractivity contribution is -0.179. The van der Waals surface area contributed by atoms with Crippen molar-refractivity contribution in [1.82, 2.24) is 0 Å². The summed E-state index contributed by atoms with van der Waals surface area (Å²) >= 11 is 0. The maximum absolute atomic E-state index is 7.05. The Kier molecular flexibility index (Phi) is 8.85. The second kappa shape index (κ2) is 11.6. The van der Waals surface area contributed by atoms with Gasteiger partial charge in [0.1, 0.15) is 18.8 Å². The van der Waals surface area contributed by atoms with E-state index in [9.17, 15) is 0 Å². The fraction of sp³-hybridized carbons (Fsp3) is 0.357. The van der Waals surface area contributed by atoms with E-state index in [4.69, 9.17) is 25.1 Å². The summed E-state index contributed by atoms with van der Waals surface area (Å²) in [6, 6.07) is 21.1. The van der Waals surface area contributed by atoms with Gasteiger partial charge in [-0.25, -0.2) is 0 Å². The van der Waals surface area contributed by atoms with Gasteiger partial charge in [-0.2, -0.15) is 0 Å². The van der Waals surface area contributed by atoms with Gasteiger partial charge in [0.05, 0.1) is 13.2 Å². The Morgan fingerprint density at radius 1 is 1.00 bits per heavy atom. The number of rotatable bonds is 10. The minimum atomic E-state index is -2.69. The molecule has 0 unspecified atom stereocenters. The van der Waals surface area contributed by atoms with Crippen LogP contribution in [0.5, 0.6) is 0 Å². The standard InChI is InChI=1S/C28H34O4Si/c1-6-20-29-25-18-19-27(30-21-7-2)32-26(25)22-31-33(28(3,4)5,23-14-10-8-11-15-23)24-16-12-9-13-17-24/h2,6,8-19,25-27H,1,20-22H2,3-5H3/t25-,26+,27-/m0/s1. The molecule has 4 nitrogen and oxygen atoms in total. The van der Waals surface area contributed by atoms with E-state index in [1.807, 2.05) is 24.3 Å². The van der Waals surface area contributed by atoms with Crippen molar-refractivity contribution in [3.8, 4) is 12.3 Å². The third-order valence-corrected chi connectivity index (χ3v) is 10.8. The second-order valence-electron chi connectivity index (χ2n) is 9.00. The lowest BCUT2D eigenvalue weighted by atomic mass is 10.1. The lowest BCUT2D eigenvalue weighted by Gasteiger charge is -2.44. The zero-order valence-electron chi connectivity index (χ0n) is 19.8. The van der Waals surface area contributed by atoms with Crippen molar-refractivity contribution in [2.24, 2.45) is 0 Å². The van der Waals surface area contributed by atoms with E-state index in [1.54, 1.807) is 6.08 Å². The van der Waals surface area contributed by atoms with Crippen molar-refractivity contribution < 1.29 is 18.6 Å². The van der Waals surface area contributed by atoms with Gasteiger partial charge in [0.2, 0.25) is 0 Å². The summed E-state index contributed by atoms with van der Waals surface area (Å²) in [4.78, 5) is 0. The molecule has 33 heavy (non-hydrogen) atoms. The summed E-state index contributed by atoms with van der Waals surface area (Å²) in [6.07, 6.45) is 9.74. The molecule has 2 aromatic rings. The van der Waals surface area contributed by atoms with Gasteiger partial charge in [-0.1, -0.05) is 99.5 Å². The largest absolute Gasteiger partial charge is 0.405 e. The lowest BCUT2D eigenvalue weighted by Crippen LogP contribution is -2.67. The highest BCUT2D eigenvalue weighted by Gasteiger charge is 2.50. The SMILES string of the molecule is C#CCO[C@@H]1C=C[C@H](OCC=C)[C@@H](CO[Si](c2ccccc2)(c2ccccc2)C(C)(C)C)O1. The van der Waals surface area contributed by atoms with Gasteiger partial charge in [0.15, 0.2) is 6.29 Å². The first-order valence-corrected chi connectivity index (χ1v) is 13.2. The van der Waals surface area contributed by atoms with Crippen molar-refractivity contribution in [3.63, 3.8) is 0 Å². The molecular formula is C28H34O4Si. The molecule has 0 aromatic heterocycles. The number of terminal acetylenes is 1. The van der Waals surface area contributed by atoms with Crippen molar-refractivity contribution in [2.75, 3.05) is 19.8 Å². The van der Waals surface area contributed by atoms with E-state index in [0.29, 0.717) is 13.2 Å². The Hall–Kier alpha value is -2.46. The first-order valence-electron chi connectivity index (χ1n) is 11.3. The van der Waals surface area contributed by atoms with Crippen LogP contribution in [0.15, 0.2) is 85.5 Å². The highest BCUT2D eigenvalue weighted by molar-refractivity contribution is 6.99. The number of benzene rings is 2. The number of hydrogen-bond acceptors (Lipinski definition) is 4. The molecule has 0 amide bonds. The molecule has 0 radical (unpaired) electrons. The summed E-state index contributed by atoms with van der Waals surface area (Å²) in [5.41, 5.74) is 0. The highest BCUT2D eigenvalue weighted by atomic mass is 28.4. The first-order chi connectivity index (χ1) is 15.9. The number of ether oxygens (including phenoxy) is 3. The van der Waals surface area contributed by atoms with Crippen LogP contribution < -0.4 is 10.4 Å². The molecule has 174 valence electrons. The van der Waals surface area contributed by atoms with Crippen LogP contribution in [-0.4, -0.2) is 46.6 Å². The van der Waals surface area contributed by atoms with Crippen molar-refractivity contribution in [2.45, 2.75) is 44.3 Å². The third-order valence-electron chi connectivity index (χ3n) is 5.75. The van der Waals surface area contributed by atoms with Gasteiger partial charge >= 0.3 is 0 Å². The minimum Gasteiger partial charge on any atom is -0.405 e. The molecule has 0 fully saturated rings. The topological polar surface area (TPSA) is 36.9 Å². The Labute approximate surface area is 199 Å². The van der Waals surface area contributed by atoms with Crippen LogP contribution in [-0.2, 0) is 18.6 Å². The zero-order chi connectivity index (χ0) is 23.7. The molecule has 5 heteroatoms. The molecule has 3 rings (SSSR count).